The number of benzene rings is 1. The number of hydrazine groups is 1. The van der Waals surface area contributed by atoms with Crippen molar-refractivity contribution in [1.29, 1.82) is 0 Å². The second-order valence-corrected chi connectivity index (χ2v) is 8.76. The summed E-state index contributed by atoms with van der Waals surface area (Å²) >= 11 is 0. The highest BCUT2D eigenvalue weighted by Crippen LogP contribution is 2.40. The van der Waals surface area contributed by atoms with Crippen molar-refractivity contribution < 1.29 is 23.8 Å². The molecule has 9 heteroatoms. The summed E-state index contributed by atoms with van der Waals surface area (Å²) in [5, 5.41) is 7.52. The average molecular weight is 445 g/mol. The molecule has 0 N–H and O–H groups in total. The van der Waals surface area contributed by atoms with E-state index in [-0.39, 0.29) is 23.7 Å². The number of rotatable bonds is 6. The maximum absolute atomic E-state index is 13.3. The van der Waals surface area contributed by atoms with Crippen LogP contribution in [-0.2, 0) is 23.7 Å². The topological polar surface area (TPSA) is 86.1 Å². The molecule has 2 heterocycles. The van der Waals surface area contributed by atoms with E-state index < -0.39 is 0 Å². The predicted molar refractivity (Wildman–Crippen MR) is 119 cm³/mol. The van der Waals surface area contributed by atoms with Gasteiger partial charge in [-0.1, -0.05) is 26.8 Å². The molecule has 174 valence electrons. The zero-order chi connectivity index (χ0) is 23.6. The Morgan fingerprint density at radius 3 is 2.22 bits per heavy atom. The van der Waals surface area contributed by atoms with E-state index in [0.717, 1.165) is 5.69 Å². The summed E-state index contributed by atoms with van der Waals surface area (Å²) in [6.07, 6.45) is 0.774. The first-order valence-corrected chi connectivity index (χ1v) is 10.6. The van der Waals surface area contributed by atoms with Crippen molar-refractivity contribution in [2.45, 2.75) is 39.0 Å². The fraction of sp³-hybridized carbons (Fsp3) is 0.522. The van der Waals surface area contributed by atoms with Crippen LogP contribution in [0.15, 0.2) is 18.2 Å². The fourth-order valence-electron chi connectivity index (χ4n) is 3.80. The number of carbonyl (C=O) groups excluding carboxylic acids is 2. The Labute approximate surface area is 188 Å². The van der Waals surface area contributed by atoms with Crippen LogP contribution in [0.3, 0.4) is 0 Å². The Kier molecular flexibility index (Phi) is 6.66. The van der Waals surface area contributed by atoms with Crippen LogP contribution in [0.2, 0.25) is 0 Å². The van der Waals surface area contributed by atoms with Gasteiger partial charge in [0.2, 0.25) is 11.7 Å². The quantitative estimate of drug-likeness (QED) is 0.681. The van der Waals surface area contributed by atoms with Gasteiger partial charge < -0.3 is 14.2 Å². The molecule has 1 aliphatic heterocycles. The Balaban J connectivity index is 1.84. The van der Waals surface area contributed by atoms with Gasteiger partial charge in [0.25, 0.3) is 5.91 Å². The van der Waals surface area contributed by atoms with Gasteiger partial charge in [0.15, 0.2) is 11.5 Å². The molecule has 0 unspecified atom stereocenters. The molecule has 0 atom stereocenters. The highest BCUT2D eigenvalue weighted by atomic mass is 16.5. The summed E-state index contributed by atoms with van der Waals surface area (Å²) in [4.78, 5) is 26.5. The molecule has 32 heavy (non-hydrogen) atoms. The lowest BCUT2D eigenvalue weighted by Crippen LogP contribution is -2.46. The van der Waals surface area contributed by atoms with E-state index in [1.54, 1.807) is 37.0 Å². The maximum atomic E-state index is 13.3. The Hall–Kier alpha value is -3.23. The van der Waals surface area contributed by atoms with Gasteiger partial charge in [-0.05, 0) is 18.6 Å². The summed E-state index contributed by atoms with van der Waals surface area (Å²) < 4.78 is 17.8. The molecule has 1 aromatic carbocycles. The first-order valence-electron chi connectivity index (χ1n) is 10.6. The lowest BCUT2D eigenvalue weighted by molar-refractivity contribution is -0.139. The Bertz CT molecular complexity index is 1010. The minimum atomic E-state index is -0.236. The molecular formula is C23H32N4O5. The molecule has 1 aromatic heterocycles. The van der Waals surface area contributed by atoms with E-state index >= 15 is 0 Å². The number of ether oxygens (including phenoxy) is 3. The zero-order valence-corrected chi connectivity index (χ0v) is 19.9. The number of amides is 2. The van der Waals surface area contributed by atoms with Crippen LogP contribution in [0.1, 0.15) is 48.9 Å². The third-order valence-corrected chi connectivity index (χ3v) is 5.55. The molecule has 0 spiro atoms. The van der Waals surface area contributed by atoms with Crippen LogP contribution < -0.4 is 14.2 Å². The molecule has 9 nitrogen and oxygen atoms in total. The number of hydrogen-bond acceptors (Lipinski definition) is 6. The van der Waals surface area contributed by atoms with E-state index in [2.05, 4.69) is 5.10 Å². The van der Waals surface area contributed by atoms with E-state index in [9.17, 15) is 9.59 Å². The Morgan fingerprint density at radius 1 is 1.00 bits per heavy atom. The second kappa shape index (κ2) is 9.10. The van der Waals surface area contributed by atoms with Crippen molar-refractivity contribution in [2.75, 3.05) is 34.4 Å². The first-order chi connectivity index (χ1) is 15.1. The third kappa shape index (κ3) is 4.37. The van der Waals surface area contributed by atoms with Gasteiger partial charge in [0.05, 0.1) is 33.4 Å². The second-order valence-electron chi connectivity index (χ2n) is 8.76. The smallest absolute Gasteiger partial charge is 0.290 e. The van der Waals surface area contributed by atoms with Gasteiger partial charge in [0, 0.05) is 31.1 Å². The summed E-state index contributed by atoms with van der Waals surface area (Å²) in [5.74, 6) is 0.961. The average Bonchev–Trinajstić information content (AvgIpc) is 3.39. The SMILES string of the molecule is COc1ccc(CC(=O)N2CCCN2C(=O)c2cc(C(C)(C)C)nn2C)c(OC)c1OC. The van der Waals surface area contributed by atoms with Gasteiger partial charge in [-0.15, -0.1) is 0 Å². The number of aryl methyl sites for hydroxylation is 1. The largest absolute Gasteiger partial charge is 0.493 e. The predicted octanol–water partition coefficient (Wildman–Crippen LogP) is 2.58. The molecular weight excluding hydrogens is 412 g/mol. The standard InChI is InChI=1S/C23H32N4O5/c1-23(2,3)18-14-16(25(4)24-18)22(29)27-12-8-11-26(27)19(28)13-15-9-10-17(30-5)21(32-7)20(15)31-6/h9-10,14H,8,11-13H2,1-7H3. The molecule has 0 saturated carbocycles. The number of carbonyl (C=O) groups is 2. The summed E-state index contributed by atoms with van der Waals surface area (Å²) in [6, 6.07) is 5.32. The molecule has 1 saturated heterocycles. The van der Waals surface area contributed by atoms with Crippen molar-refractivity contribution in [1.82, 2.24) is 19.8 Å². The zero-order valence-electron chi connectivity index (χ0n) is 19.9. The summed E-state index contributed by atoms with van der Waals surface area (Å²) in [5.41, 5.74) is 1.76. The van der Waals surface area contributed by atoms with E-state index in [1.807, 2.05) is 20.8 Å². The van der Waals surface area contributed by atoms with Crippen LogP contribution in [0.5, 0.6) is 17.2 Å². The lowest BCUT2D eigenvalue weighted by atomic mass is 9.92. The van der Waals surface area contributed by atoms with E-state index in [0.29, 0.717) is 48.0 Å². The molecule has 2 amide bonds. The number of hydrogen-bond donors (Lipinski definition) is 0. The number of nitrogens with zero attached hydrogens (tertiary/aromatic N) is 4. The van der Waals surface area contributed by atoms with Gasteiger partial charge in [-0.3, -0.25) is 19.3 Å². The van der Waals surface area contributed by atoms with Gasteiger partial charge in [0.1, 0.15) is 5.69 Å². The van der Waals surface area contributed by atoms with Crippen LogP contribution >= 0.6 is 0 Å². The molecule has 1 fully saturated rings. The minimum absolute atomic E-state index is 0.0614. The van der Waals surface area contributed by atoms with E-state index in [4.69, 9.17) is 14.2 Å². The summed E-state index contributed by atoms with van der Waals surface area (Å²) in [7, 11) is 6.33. The molecule has 0 aliphatic carbocycles. The molecule has 1 aliphatic rings. The molecule has 0 bridgehead atoms. The van der Waals surface area contributed by atoms with Crippen LogP contribution in [-0.4, -0.2) is 66.0 Å². The first kappa shape index (κ1) is 23.4. The normalized spacial score (nSPS) is 14.0. The van der Waals surface area contributed by atoms with E-state index in [1.165, 1.54) is 24.2 Å². The van der Waals surface area contributed by atoms with Gasteiger partial charge in [-0.2, -0.15) is 5.10 Å². The fourth-order valence-corrected chi connectivity index (χ4v) is 3.80. The minimum Gasteiger partial charge on any atom is -0.493 e. The molecule has 2 aromatic rings. The van der Waals surface area contributed by atoms with Crippen molar-refractivity contribution >= 4 is 11.8 Å². The van der Waals surface area contributed by atoms with Crippen molar-refractivity contribution in [3.05, 3.63) is 35.2 Å². The highest BCUT2D eigenvalue weighted by molar-refractivity contribution is 5.94. The van der Waals surface area contributed by atoms with Crippen LogP contribution in [0.25, 0.3) is 0 Å². The number of methoxy groups -OCH3 is 3. The lowest BCUT2D eigenvalue weighted by Gasteiger charge is -2.28. The highest BCUT2D eigenvalue weighted by Gasteiger charge is 2.34. The Morgan fingerprint density at radius 2 is 1.66 bits per heavy atom. The maximum Gasteiger partial charge on any atom is 0.290 e. The van der Waals surface area contributed by atoms with Crippen molar-refractivity contribution in [3.63, 3.8) is 0 Å². The van der Waals surface area contributed by atoms with Gasteiger partial charge in [-0.25, -0.2) is 5.01 Å². The summed E-state index contributed by atoms with van der Waals surface area (Å²) in [6.45, 7) is 7.09. The van der Waals surface area contributed by atoms with Gasteiger partial charge >= 0.3 is 0 Å². The third-order valence-electron chi connectivity index (χ3n) is 5.55. The van der Waals surface area contributed by atoms with Crippen molar-refractivity contribution in [2.24, 2.45) is 7.05 Å². The number of aromatic nitrogens is 2. The van der Waals surface area contributed by atoms with Crippen LogP contribution in [0.4, 0.5) is 0 Å². The monoisotopic (exact) mass is 444 g/mol. The van der Waals surface area contributed by atoms with Crippen molar-refractivity contribution in [3.8, 4) is 17.2 Å². The van der Waals surface area contributed by atoms with Crippen LogP contribution in [0, 0.1) is 0 Å². The molecule has 3 rings (SSSR count). The molecule has 0 radical (unpaired) electrons.